The highest BCUT2D eigenvalue weighted by Crippen LogP contribution is 2.06. The van der Waals surface area contributed by atoms with Gasteiger partial charge in [0.15, 0.2) is 0 Å². The third-order valence-corrected chi connectivity index (χ3v) is 3.62. The third-order valence-electron chi connectivity index (χ3n) is 3.62. The van der Waals surface area contributed by atoms with Gasteiger partial charge in [-0.15, -0.1) is 0 Å². The van der Waals surface area contributed by atoms with Crippen molar-refractivity contribution >= 4 is 18.0 Å². The lowest BCUT2D eigenvalue weighted by atomic mass is 10.1. The second-order valence-corrected chi connectivity index (χ2v) is 5.51. The van der Waals surface area contributed by atoms with Gasteiger partial charge in [0, 0.05) is 6.54 Å². The van der Waals surface area contributed by atoms with E-state index in [0.717, 1.165) is 12.0 Å². The molecule has 0 aliphatic heterocycles. The second kappa shape index (κ2) is 9.98. The lowest BCUT2D eigenvalue weighted by Gasteiger charge is -2.07. The zero-order chi connectivity index (χ0) is 18.8. The minimum atomic E-state index is -0.833. The Labute approximate surface area is 152 Å². The monoisotopic (exact) mass is 355 g/mol. The summed E-state index contributed by atoms with van der Waals surface area (Å²) in [6.07, 6.45) is 0.484. The van der Waals surface area contributed by atoms with E-state index in [9.17, 15) is 14.4 Å². The van der Waals surface area contributed by atoms with Gasteiger partial charge in [-0.05, 0) is 42.7 Å². The van der Waals surface area contributed by atoms with Gasteiger partial charge < -0.3 is 14.8 Å². The lowest BCUT2D eigenvalue weighted by molar-refractivity contribution is 0.0501. The van der Waals surface area contributed by atoms with Gasteiger partial charge in [0.25, 0.3) is 0 Å². The maximum atomic E-state index is 11.9. The molecule has 2 aromatic carbocycles. The molecule has 0 bridgehead atoms. The molecule has 0 atom stereocenters. The van der Waals surface area contributed by atoms with Crippen molar-refractivity contribution < 1.29 is 23.9 Å². The van der Waals surface area contributed by atoms with Crippen LogP contribution in [0.5, 0.6) is 0 Å². The zero-order valence-electron chi connectivity index (χ0n) is 14.6. The number of amides is 1. The summed E-state index contributed by atoms with van der Waals surface area (Å²) >= 11 is 0. The molecule has 0 aromatic heterocycles. The van der Waals surface area contributed by atoms with Crippen molar-refractivity contribution in [3.8, 4) is 0 Å². The van der Waals surface area contributed by atoms with Crippen LogP contribution in [-0.2, 0) is 15.9 Å². The number of nitrogens with one attached hydrogen (secondary N) is 1. The van der Waals surface area contributed by atoms with Crippen molar-refractivity contribution in [2.75, 3.05) is 13.2 Å². The first kappa shape index (κ1) is 19.2. The highest BCUT2D eigenvalue weighted by atomic mass is 16.6. The Morgan fingerprint density at radius 3 is 2.19 bits per heavy atom. The highest BCUT2D eigenvalue weighted by molar-refractivity contribution is 5.96. The largest absolute Gasteiger partial charge is 0.462 e. The van der Waals surface area contributed by atoms with Gasteiger partial charge in [-0.25, -0.2) is 14.4 Å². The number of hydrogen-bond donors (Lipinski definition) is 1. The Hall–Kier alpha value is -3.15. The first-order chi connectivity index (χ1) is 12.6. The molecule has 26 heavy (non-hydrogen) atoms. The van der Waals surface area contributed by atoms with E-state index in [1.54, 1.807) is 42.5 Å². The number of hydrogen-bond acceptors (Lipinski definition) is 5. The van der Waals surface area contributed by atoms with E-state index in [0.29, 0.717) is 17.5 Å². The number of alkyl carbamates (subject to hydrolysis) is 1. The number of carbonyl (C=O) groups is 3. The molecule has 0 saturated carbocycles. The molecule has 0 aliphatic rings. The van der Waals surface area contributed by atoms with Crippen LogP contribution in [0.3, 0.4) is 0 Å². The molecule has 0 fully saturated rings. The van der Waals surface area contributed by atoms with Crippen LogP contribution >= 0.6 is 0 Å². The first-order valence-corrected chi connectivity index (χ1v) is 8.41. The number of benzene rings is 2. The zero-order valence-corrected chi connectivity index (χ0v) is 14.6. The summed E-state index contributed by atoms with van der Waals surface area (Å²) in [6, 6.07) is 15.5. The average molecular weight is 355 g/mol. The molecule has 0 unspecified atom stereocenters. The van der Waals surface area contributed by atoms with Gasteiger partial charge in [0.1, 0.15) is 0 Å². The lowest BCUT2D eigenvalue weighted by Crippen LogP contribution is -2.28. The van der Waals surface area contributed by atoms with Crippen molar-refractivity contribution in [1.29, 1.82) is 0 Å². The number of carbonyl (C=O) groups excluding carboxylic acids is 3. The van der Waals surface area contributed by atoms with Gasteiger partial charge in [-0.2, -0.15) is 0 Å². The van der Waals surface area contributed by atoms with Crippen molar-refractivity contribution in [1.82, 2.24) is 5.32 Å². The summed E-state index contributed by atoms with van der Waals surface area (Å²) in [6.45, 7) is 2.42. The van der Waals surface area contributed by atoms with Crippen LogP contribution in [-0.4, -0.2) is 31.2 Å². The van der Waals surface area contributed by atoms with Crippen LogP contribution in [0.15, 0.2) is 54.6 Å². The van der Waals surface area contributed by atoms with Crippen LogP contribution in [0.2, 0.25) is 0 Å². The average Bonchev–Trinajstić information content (AvgIpc) is 2.68. The fraction of sp³-hybridized carbons (Fsp3) is 0.250. The minimum Gasteiger partial charge on any atom is -0.462 e. The van der Waals surface area contributed by atoms with Gasteiger partial charge in [0.05, 0.1) is 17.7 Å². The molecular weight excluding hydrogens is 334 g/mol. The number of ether oxygens (including phenoxy) is 2. The van der Waals surface area contributed by atoms with E-state index in [4.69, 9.17) is 4.74 Å². The van der Waals surface area contributed by atoms with E-state index in [-0.39, 0.29) is 13.2 Å². The molecule has 0 radical (unpaired) electrons. The van der Waals surface area contributed by atoms with Gasteiger partial charge in [-0.1, -0.05) is 37.3 Å². The third kappa shape index (κ3) is 6.05. The van der Waals surface area contributed by atoms with Crippen molar-refractivity contribution in [2.24, 2.45) is 0 Å². The fourth-order valence-electron chi connectivity index (χ4n) is 2.14. The molecular formula is C20H21NO5. The van der Waals surface area contributed by atoms with E-state index < -0.39 is 18.0 Å². The maximum absolute atomic E-state index is 11.9. The van der Waals surface area contributed by atoms with Crippen molar-refractivity contribution in [2.45, 2.75) is 19.8 Å². The topological polar surface area (TPSA) is 81.7 Å². The number of aryl methyl sites for hydroxylation is 1. The molecule has 0 spiro atoms. The van der Waals surface area contributed by atoms with Crippen LogP contribution in [0, 0.1) is 0 Å². The molecule has 136 valence electrons. The Balaban J connectivity index is 1.63. The van der Waals surface area contributed by atoms with Crippen molar-refractivity contribution in [3.63, 3.8) is 0 Å². The summed E-state index contributed by atoms with van der Waals surface area (Å²) in [5, 5.41) is 2.44. The molecule has 2 rings (SSSR count). The van der Waals surface area contributed by atoms with Gasteiger partial charge in [-0.3, -0.25) is 0 Å². The molecule has 0 aliphatic carbocycles. The maximum Gasteiger partial charge on any atom is 0.415 e. The summed E-state index contributed by atoms with van der Waals surface area (Å²) in [4.78, 5) is 35.1. The predicted molar refractivity (Wildman–Crippen MR) is 96.0 cm³/mol. The Morgan fingerprint density at radius 1 is 0.885 bits per heavy atom. The minimum absolute atomic E-state index is 0.154. The summed E-state index contributed by atoms with van der Waals surface area (Å²) in [5.41, 5.74) is 1.93. The van der Waals surface area contributed by atoms with Crippen LogP contribution in [0.1, 0.15) is 39.6 Å². The SMILES string of the molecule is CCc1ccc(C(=O)OCCCNC(=O)OC(=O)c2ccccc2)cc1. The fourth-order valence-corrected chi connectivity index (χ4v) is 2.14. The molecule has 6 heteroatoms. The van der Waals surface area contributed by atoms with Crippen molar-refractivity contribution in [3.05, 3.63) is 71.3 Å². The normalized spacial score (nSPS) is 10.0. The van der Waals surface area contributed by atoms with Gasteiger partial charge >= 0.3 is 18.0 Å². The van der Waals surface area contributed by atoms with E-state index in [1.165, 1.54) is 0 Å². The first-order valence-electron chi connectivity index (χ1n) is 8.41. The van der Waals surface area contributed by atoms with E-state index in [2.05, 4.69) is 10.1 Å². The second-order valence-electron chi connectivity index (χ2n) is 5.51. The molecule has 6 nitrogen and oxygen atoms in total. The molecule has 2 aromatic rings. The van der Waals surface area contributed by atoms with Gasteiger partial charge in [0.2, 0.25) is 0 Å². The molecule has 1 N–H and O–H groups in total. The Bertz CT molecular complexity index is 741. The van der Waals surface area contributed by atoms with E-state index in [1.807, 2.05) is 19.1 Å². The van der Waals surface area contributed by atoms with Crippen LogP contribution < -0.4 is 5.32 Å². The van der Waals surface area contributed by atoms with E-state index >= 15 is 0 Å². The summed E-state index contributed by atoms with van der Waals surface area (Å²) < 4.78 is 9.79. The number of esters is 2. The quantitative estimate of drug-likeness (QED) is 0.468. The Kier molecular flexibility index (Phi) is 7.36. The molecule has 0 saturated heterocycles. The summed E-state index contributed by atoms with van der Waals surface area (Å²) in [5.74, 6) is -1.13. The molecule has 1 amide bonds. The Morgan fingerprint density at radius 2 is 1.54 bits per heavy atom. The number of rotatable bonds is 7. The summed E-state index contributed by atoms with van der Waals surface area (Å²) in [7, 11) is 0. The highest BCUT2D eigenvalue weighted by Gasteiger charge is 2.12. The van der Waals surface area contributed by atoms with Crippen LogP contribution in [0.25, 0.3) is 0 Å². The molecule has 0 heterocycles. The van der Waals surface area contributed by atoms with Crippen LogP contribution in [0.4, 0.5) is 4.79 Å². The predicted octanol–water partition coefficient (Wildman–Crippen LogP) is 3.36. The smallest absolute Gasteiger partial charge is 0.415 e. The standard InChI is InChI=1S/C20H21NO5/c1-2-15-9-11-17(12-10-15)18(22)25-14-6-13-21-20(24)26-19(23)16-7-4-3-5-8-16/h3-5,7-12H,2,6,13-14H2,1H3,(H,21,24).